The number of sulfone groups is 1. The van der Waals surface area contributed by atoms with Gasteiger partial charge in [0.2, 0.25) is 0 Å². The highest BCUT2D eigenvalue weighted by Gasteiger charge is 2.30. The summed E-state index contributed by atoms with van der Waals surface area (Å²) >= 11 is 0. The molecule has 0 aliphatic heterocycles. The van der Waals surface area contributed by atoms with Crippen molar-refractivity contribution in [1.29, 1.82) is 0 Å². The van der Waals surface area contributed by atoms with E-state index in [2.05, 4.69) is 5.10 Å². The maximum absolute atomic E-state index is 12.6. The summed E-state index contributed by atoms with van der Waals surface area (Å²) in [5, 5.41) is 4.00. The number of rotatable bonds is 6. The molecule has 0 saturated heterocycles. The molecule has 0 aliphatic rings. The number of nitrogens with zero attached hydrogens (tertiary/aromatic N) is 2. The fourth-order valence-electron chi connectivity index (χ4n) is 2.10. The molecule has 4 nitrogen and oxygen atoms in total. The van der Waals surface area contributed by atoms with Crippen LogP contribution in [0.5, 0.6) is 0 Å². The van der Waals surface area contributed by atoms with E-state index in [9.17, 15) is 21.6 Å². The zero-order valence-corrected chi connectivity index (χ0v) is 13.4. The molecule has 0 N–H and O–H groups in total. The fourth-order valence-corrected chi connectivity index (χ4v) is 3.32. The first-order valence-corrected chi connectivity index (χ1v) is 8.83. The predicted molar refractivity (Wildman–Crippen MR) is 80.8 cm³/mol. The molecule has 23 heavy (non-hydrogen) atoms. The first kappa shape index (κ1) is 17.5. The van der Waals surface area contributed by atoms with E-state index < -0.39 is 21.6 Å². The molecule has 1 heterocycles. The standard InChI is InChI=1S/C15H17F3N2O2S/c1-12-10-19-20(11-12)6-8-23(21,22)7-5-13-3-2-4-14(9-13)15(16,17)18/h2-4,9-11H,5-8H2,1H3. The Morgan fingerprint density at radius 3 is 2.57 bits per heavy atom. The highest BCUT2D eigenvalue weighted by atomic mass is 32.2. The average molecular weight is 346 g/mol. The molecule has 2 rings (SSSR count). The van der Waals surface area contributed by atoms with Crippen LogP contribution in [0.15, 0.2) is 36.7 Å². The van der Waals surface area contributed by atoms with Gasteiger partial charge in [0.1, 0.15) is 0 Å². The van der Waals surface area contributed by atoms with Gasteiger partial charge in [0.05, 0.1) is 29.8 Å². The van der Waals surface area contributed by atoms with Gasteiger partial charge in [0, 0.05) is 6.20 Å². The summed E-state index contributed by atoms with van der Waals surface area (Å²) < 4.78 is 63.4. The van der Waals surface area contributed by atoms with Crippen LogP contribution < -0.4 is 0 Å². The lowest BCUT2D eigenvalue weighted by atomic mass is 10.1. The summed E-state index contributed by atoms with van der Waals surface area (Å²) in [4.78, 5) is 0. The summed E-state index contributed by atoms with van der Waals surface area (Å²) in [6.07, 6.45) is -0.991. The molecule has 126 valence electrons. The Hall–Kier alpha value is -1.83. The van der Waals surface area contributed by atoms with Crippen LogP contribution in [-0.2, 0) is 29.0 Å². The van der Waals surface area contributed by atoms with Crippen molar-refractivity contribution in [3.63, 3.8) is 0 Å². The minimum absolute atomic E-state index is 0.0599. The van der Waals surface area contributed by atoms with E-state index >= 15 is 0 Å². The van der Waals surface area contributed by atoms with Crippen LogP contribution in [0, 0.1) is 6.92 Å². The zero-order valence-electron chi connectivity index (χ0n) is 12.5. The lowest BCUT2D eigenvalue weighted by Gasteiger charge is -2.09. The summed E-state index contributed by atoms with van der Waals surface area (Å²) in [6.45, 7) is 2.09. The predicted octanol–water partition coefficient (Wildman–Crippen LogP) is 2.87. The van der Waals surface area contributed by atoms with Crippen molar-refractivity contribution in [2.75, 3.05) is 11.5 Å². The topological polar surface area (TPSA) is 52.0 Å². The molecule has 8 heteroatoms. The Labute approximate surface area is 132 Å². The smallest absolute Gasteiger partial charge is 0.271 e. The van der Waals surface area contributed by atoms with Gasteiger partial charge in [-0.2, -0.15) is 18.3 Å². The van der Waals surface area contributed by atoms with Crippen molar-refractivity contribution >= 4 is 9.84 Å². The van der Waals surface area contributed by atoms with Gasteiger partial charge in [-0.25, -0.2) is 8.42 Å². The molecule has 0 aliphatic carbocycles. The third-order valence-electron chi connectivity index (χ3n) is 3.35. The van der Waals surface area contributed by atoms with Crippen LogP contribution in [0.3, 0.4) is 0 Å². The molecule has 0 atom stereocenters. The van der Waals surface area contributed by atoms with Crippen molar-refractivity contribution in [2.45, 2.75) is 26.1 Å². The summed E-state index contributed by atoms with van der Waals surface area (Å²) in [5.74, 6) is -0.276. The average Bonchev–Trinajstić information content (AvgIpc) is 2.89. The van der Waals surface area contributed by atoms with Gasteiger partial charge in [-0.3, -0.25) is 4.68 Å². The normalized spacial score (nSPS) is 12.5. The summed E-state index contributed by atoms with van der Waals surface area (Å²) in [5.41, 5.74) is 0.532. The van der Waals surface area contributed by atoms with Gasteiger partial charge in [-0.15, -0.1) is 0 Å². The molecule has 0 amide bonds. The molecule has 2 aromatic rings. The van der Waals surface area contributed by atoms with Gasteiger partial charge in [-0.1, -0.05) is 18.2 Å². The van der Waals surface area contributed by atoms with Crippen molar-refractivity contribution < 1.29 is 21.6 Å². The Morgan fingerprint density at radius 1 is 1.22 bits per heavy atom. The quantitative estimate of drug-likeness (QED) is 0.808. The monoisotopic (exact) mass is 346 g/mol. The Morgan fingerprint density at radius 2 is 1.96 bits per heavy atom. The second-order valence-electron chi connectivity index (χ2n) is 5.38. The van der Waals surface area contributed by atoms with Crippen LogP contribution in [-0.4, -0.2) is 29.7 Å². The highest BCUT2D eigenvalue weighted by molar-refractivity contribution is 7.91. The van der Waals surface area contributed by atoms with Crippen molar-refractivity contribution in [1.82, 2.24) is 9.78 Å². The number of aromatic nitrogens is 2. The fraction of sp³-hybridized carbons (Fsp3) is 0.400. The molecular weight excluding hydrogens is 329 g/mol. The van der Waals surface area contributed by atoms with E-state index in [1.807, 2.05) is 6.92 Å². The van der Waals surface area contributed by atoms with Gasteiger partial charge in [0.25, 0.3) is 0 Å². The number of hydrogen-bond donors (Lipinski definition) is 0. The molecule has 1 aromatic carbocycles. The Balaban J connectivity index is 1.94. The minimum Gasteiger partial charge on any atom is -0.271 e. The SMILES string of the molecule is Cc1cnn(CCS(=O)(=O)CCc2cccc(C(F)(F)F)c2)c1. The maximum atomic E-state index is 12.6. The van der Waals surface area contributed by atoms with E-state index in [4.69, 9.17) is 0 Å². The van der Waals surface area contributed by atoms with Gasteiger partial charge < -0.3 is 0 Å². The molecule has 0 saturated carbocycles. The maximum Gasteiger partial charge on any atom is 0.416 e. The molecule has 0 spiro atoms. The van der Waals surface area contributed by atoms with E-state index in [0.29, 0.717) is 5.56 Å². The first-order chi connectivity index (χ1) is 10.7. The van der Waals surface area contributed by atoms with E-state index in [-0.39, 0.29) is 24.5 Å². The first-order valence-electron chi connectivity index (χ1n) is 7.01. The van der Waals surface area contributed by atoms with Crippen LogP contribution >= 0.6 is 0 Å². The number of hydrogen-bond acceptors (Lipinski definition) is 3. The van der Waals surface area contributed by atoms with E-state index in [1.54, 1.807) is 12.4 Å². The molecule has 0 bridgehead atoms. The van der Waals surface area contributed by atoms with Crippen LogP contribution in [0.25, 0.3) is 0 Å². The van der Waals surface area contributed by atoms with E-state index in [0.717, 1.165) is 17.7 Å². The number of benzene rings is 1. The van der Waals surface area contributed by atoms with Gasteiger partial charge in [-0.05, 0) is 30.5 Å². The summed E-state index contributed by atoms with van der Waals surface area (Å²) in [7, 11) is -3.36. The van der Waals surface area contributed by atoms with Crippen molar-refractivity contribution in [3.05, 3.63) is 53.3 Å². The lowest BCUT2D eigenvalue weighted by molar-refractivity contribution is -0.137. The van der Waals surface area contributed by atoms with Gasteiger partial charge >= 0.3 is 6.18 Å². The third-order valence-corrected chi connectivity index (χ3v) is 4.98. The number of halogens is 3. The van der Waals surface area contributed by atoms with Gasteiger partial charge in [0.15, 0.2) is 9.84 Å². The molecule has 1 aromatic heterocycles. The second kappa shape index (κ2) is 6.74. The second-order valence-corrected chi connectivity index (χ2v) is 7.68. The number of alkyl halides is 3. The molecular formula is C15H17F3N2O2S. The minimum atomic E-state index is -4.42. The summed E-state index contributed by atoms with van der Waals surface area (Å²) in [6, 6.07) is 4.75. The highest BCUT2D eigenvalue weighted by Crippen LogP contribution is 2.29. The molecule has 0 fully saturated rings. The Kier molecular flexibility index (Phi) is 5.13. The van der Waals surface area contributed by atoms with E-state index in [1.165, 1.54) is 16.8 Å². The van der Waals surface area contributed by atoms with Crippen LogP contribution in [0.4, 0.5) is 13.2 Å². The lowest BCUT2D eigenvalue weighted by Crippen LogP contribution is -2.18. The van der Waals surface area contributed by atoms with Crippen LogP contribution in [0.2, 0.25) is 0 Å². The van der Waals surface area contributed by atoms with Crippen molar-refractivity contribution in [3.8, 4) is 0 Å². The zero-order chi connectivity index (χ0) is 17.1. The van der Waals surface area contributed by atoms with Crippen LogP contribution in [0.1, 0.15) is 16.7 Å². The largest absolute Gasteiger partial charge is 0.416 e. The number of aryl methyl sites for hydroxylation is 3. The molecule has 0 unspecified atom stereocenters. The third kappa shape index (κ3) is 5.38. The molecule has 0 radical (unpaired) electrons. The Bertz CT molecular complexity index is 767. The van der Waals surface area contributed by atoms with Crippen molar-refractivity contribution in [2.24, 2.45) is 0 Å².